The zero-order chi connectivity index (χ0) is 22.9. The van der Waals surface area contributed by atoms with E-state index in [0.717, 1.165) is 31.6 Å². The van der Waals surface area contributed by atoms with Gasteiger partial charge in [0.25, 0.3) is 5.91 Å². The third kappa shape index (κ3) is 5.44. The number of aryl methyl sites for hydroxylation is 1. The quantitative estimate of drug-likeness (QED) is 0.612. The molecule has 0 radical (unpaired) electrons. The first-order valence-corrected chi connectivity index (χ1v) is 10.8. The first-order chi connectivity index (χ1) is 15.1. The molecule has 1 saturated heterocycles. The van der Waals surface area contributed by atoms with E-state index in [1.165, 1.54) is 18.9 Å². The van der Waals surface area contributed by atoms with Crippen LogP contribution in [0.4, 0.5) is 30.4 Å². The molecule has 172 valence electrons. The van der Waals surface area contributed by atoms with E-state index in [1.54, 1.807) is 25.1 Å². The second-order valence-corrected chi connectivity index (χ2v) is 8.80. The van der Waals surface area contributed by atoms with Gasteiger partial charge in [0.1, 0.15) is 5.82 Å². The topological polar surface area (TPSA) is 80.5 Å². The number of nitrogens with two attached hydrogens (primary N) is 1. The number of benzene rings is 1. The van der Waals surface area contributed by atoms with Gasteiger partial charge < -0.3 is 20.7 Å². The highest BCUT2D eigenvalue weighted by Gasteiger charge is 2.44. The number of anilines is 3. The molecule has 32 heavy (non-hydrogen) atoms. The van der Waals surface area contributed by atoms with Crippen molar-refractivity contribution in [1.29, 1.82) is 0 Å². The van der Waals surface area contributed by atoms with Crippen LogP contribution in [0.15, 0.2) is 30.3 Å². The summed E-state index contributed by atoms with van der Waals surface area (Å²) in [4.78, 5) is 19.4. The van der Waals surface area contributed by atoms with Gasteiger partial charge in [0.15, 0.2) is 0 Å². The number of nitrogens with one attached hydrogen (secondary N) is 1. The molecular weight excluding hydrogens is 421 g/mol. The van der Waals surface area contributed by atoms with E-state index in [0.29, 0.717) is 22.2 Å². The molecule has 1 spiro atoms. The monoisotopic (exact) mass is 448 g/mol. The fourth-order valence-corrected chi connectivity index (χ4v) is 4.13. The van der Waals surface area contributed by atoms with Crippen LogP contribution in [0.1, 0.15) is 48.0 Å². The smallest absolute Gasteiger partial charge is 0.392 e. The number of hydrogen-bond donors (Lipinski definition) is 2. The summed E-state index contributed by atoms with van der Waals surface area (Å²) in [6, 6.07) is 8.36. The maximum Gasteiger partial charge on any atom is 0.392 e. The van der Waals surface area contributed by atoms with Crippen molar-refractivity contribution >= 4 is 23.1 Å². The molecule has 1 aromatic carbocycles. The minimum absolute atomic E-state index is 0.0350. The van der Waals surface area contributed by atoms with Gasteiger partial charge in [0, 0.05) is 24.8 Å². The lowest BCUT2D eigenvalue weighted by atomic mass is 9.93. The molecule has 6 nitrogen and oxygen atoms in total. The number of ether oxygens (including phenoxy) is 1. The van der Waals surface area contributed by atoms with Crippen LogP contribution in [0.2, 0.25) is 0 Å². The van der Waals surface area contributed by atoms with Gasteiger partial charge in [-0.1, -0.05) is 0 Å². The number of alkyl halides is 3. The number of halogens is 3. The molecule has 0 unspecified atom stereocenters. The molecule has 3 N–H and O–H groups in total. The number of aromatic nitrogens is 1. The van der Waals surface area contributed by atoms with E-state index in [2.05, 4.69) is 15.2 Å². The van der Waals surface area contributed by atoms with Crippen LogP contribution >= 0.6 is 0 Å². The van der Waals surface area contributed by atoms with Gasteiger partial charge in [0.2, 0.25) is 5.88 Å². The van der Waals surface area contributed by atoms with Crippen molar-refractivity contribution in [3.63, 3.8) is 0 Å². The van der Waals surface area contributed by atoms with Gasteiger partial charge in [-0.2, -0.15) is 18.2 Å². The molecule has 2 aliphatic rings. The van der Waals surface area contributed by atoms with Crippen molar-refractivity contribution in [3.05, 3.63) is 41.5 Å². The lowest BCUT2D eigenvalue weighted by molar-refractivity contribution is -0.139. The summed E-state index contributed by atoms with van der Waals surface area (Å²) >= 11 is 0. The van der Waals surface area contributed by atoms with Crippen LogP contribution in [0, 0.1) is 12.3 Å². The predicted octanol–water partition coefficient (Wildman–Crippen LogP) is 4.94. The molecule has 0 bridgehead atoms. The zero-order valence-corrected chi connectivity index (χ0v) is 18.0. The molecule has 0 atom stereocenters. The molecule has 1 saturated carbocycles. The number of nitrogen functional groups attached to an aromatic ring is 1. The Labute approximate surface area is 184 Å². The predicted molar refractivity (Wildman–Crippen MR) is 117 cm³/mol. The fourth-order valence-electron chi connectivity index (χ4n) is 4.13. The Balaban J connectivity index is 1.48. The van der Waals surface area contributed by atoms with E-state index < -0.39 is 19.2 Å². The van der Waals surface area contributed by atoms with Crippen molar-refractivity contribution < 1.29 is 22.7 Å². The Morgan fingerprint density at radius 3 is 2.56 bits per heavy atom. The van der Waals surface area contributed by atoms with Crippen LogP contribution in [-0.2, 0) is 0 Å². The summed E-state index contributed by atoms with van der Waals surface area (Å²) in [5.74, 6) is -0.103. The number of hydrogen-bond acceptors (Lipinski definition) is 5. The highest BCUT2D eigenvalue weighted by Crippen LogP contribution is 2.54. The van der Waals surface area contributed by atoms with Crippen molar-refractivity contribution in [2.75, 3.05) is 35.6 Å². The minimum atomic E-state index is -4.31. The van der Waals surface area contributed by atoms with E-state index in [9.17, 15) is 18.0 Å². The molecule has 2 fully saturated rings. The second-order valence-electron chi connectivity index (χ2n) is 8.80. The number of pyridine rings is 1. The number of carbonyl (C=O) groups excluding carboxylic acids is 1. The van der Waals surface area contributed by atoms with E-state index in [1.807, 2.05) is 6.07 Å². The van der Waals surface area contributed by atoms with Crippen molar-refractivity contribution in [2.24, 2.45) is 5.41 Å². The summed E-state index contributed by atoms with van der Waals surface area (Å²) in [5.41, 5.74) is 9.06. The normalized spacial score (nSPS) is 17.3. The van der Waals surface area contributed by atoms with Crippen LogP contribution < -0.4 is 20.7 Å². The zero-order valence-electron chi connectivity index (χ0n) is 18.0. The van der Waals surface area contributed by atoms with Gasteiger partial charge in [-0.25, -0.2) is 0 Å². The summed E-state index contributed by atoms with van der Waals surface area (Å²) in [6.07, 6.45) is -0.576. The van der Waals surface area contributed by atoms with Gasteiger partial charge in [-0.3, -0.25) is 4.79 Å². The van der Waals surface area contributed by atoms with Gasteiger partial charge in [-0.05, 0) is 67.9 Å². The highest BCUT2D eigenvalue weighted by atomic mass is 19.4. The SMILES string of the molecule is Cc1cc(NC(=O)c2ccc(N)cc2N2CCC3(CC2)CC3)nc(OCCC(F)(F)F)c1. The molecule has 9 heteroatoms. The number of nitrogens with zero attached hydrogens (tertiary/aromatic N) is 2. The maximum atomic E-state index is 13.1. The third-order valence-electron chi connectivity index (χ3n) is 6.21. The molecule has 1 aromatic heterocycles. The minimum Gasteiger partial charge on any atom is -0.477 e. The number of rotatable bonds is 6. The average Bonchev–Trinajstić information content (AvgIpc) is 3.46. The summed E-state index contributed by atoms with van der Waals surface area (Å²) in [6.45, 7) is 2.98. The summed E-state index contributed by atoms with van der Waals surface area (Å²) in [5, 5.41) is 2.75. The van der Waals surface area contributed by atoms with Gasteiger partial charge >= 0.3 is 6.18 Å². The Morgan fingerprint density at radius 2 is 1.91 bits per heavy atom. The van der Waals surface area contributed by atoms with Crippen LogP contribution in [0.3, 0.4) is 0 Å². The number of amides is 1. The summed E-state index contributed by atoms with van der Waals surface area (Å²) < 4.78 is 42.3. The largest absolute Gasteiger partial charge is 0.477 e. The lowest BCUT2D eigenvalue weighted by Crippen LogP contribution is -2.35. The number of piperidine rings is 1. The summed E-state index contributed by atoms with van der Waals surface area (Å²) in [7, 11) is 0. The van der Waals surface area contributed by atoms with Crippen molar-refractivity contribution in [3.8, 4) is 5.88 Å². The van der Waals surface area contributed by atoms with E-state index in [4.69, 9.17) is 10.5 Å². The number of carbonyl (C=O) groups is 1. The molecule has 2 heterocycles. The van der Waals surface area contributed by atoms with Crippen molar-refractivity contribution in [1.82, 2.24) is 4.98 Å². The van der Waals surface area contributed by atoms with Gasteiger partial charge in [-0.15, -0.1) is 0 Å². The molecule has 1 aliphatic heterocycles. The molecule has 4 rings (SSSR count). The van der Waals surface area contributed by atoms with E-state index in [-0.39, 0.29) is 17.6 Å². The first-order valence-electron chi connectivity index (χ1n) is 10.8. The Kier molecular flexibility index (Phi) is 5.92. The van der Waals surface area contributed by atoms with Crippen molar-refractivity contribution in [2.45, 2.75) is 45.2 Å². The highest BCUT2D eigenvalue weighted by molar-refractivity contribution is 6.08. The Bertz CT molecular complexity index is 995. The molecular formula is C23H27F3N4O2. The Morgan fingerprint density at radius 1 is 1.19 bits per heavy atom. The first kappa shape index (κ1) is 22.2. The second kappa shape index (κ2) is 8.52. The lowest BCUT2D eigenvalue weighted by Gasteiger charge is -2.35. The molecule has 1 amide bonds. The Hall–Kier alpha value is -2.97. The van der Waals surface area contributed by atoms with E-state index >= 15 is 0 Å². The van der Waals surface area contributed by atoms with Crippen LogP contribution in [0.5, 0.6) is 5.88 Å². The standard InChI is InChI=1S/C23H27F3N4O2/c1-15-12-19(28-20(13-15)32-11-8-23(24,25)26)29-21(31)17-3-2-16(27)14-18(17)30-9-6-22(4-5-22)7-10-30/h2-3,12-14H,4-11,27H2,1H3,(H,28,29,31). The van der Waals surface area contributed by atoms with Gasteiger partial charge in [0.05, 0.1) is 24.3 Å². The molecule has 2 aromatic rings. The average molecular weight is 448 g/mol. The third-order valence-corrected chi connectivity index (χ3v) is 6.21. The van der Waals surface area contributed by atoms with Crippen LogP contribution in [0.25, 0.3) is 0 Å². The fraction of sp³-hybridized carbons (Fsp3) is 0.478. The van der Waals surface area contributed by atoms with Crippen LogP contribution in [-0.4, -0.2) is 36.8 Å². The molecule has 1 aliphatic carbocycles. The maximum absolute atomic E-state index is 13.1.